The molecule has 0 spiro atoms. The van der Waals surface area contributed by atoms with Gasteiger partial charge in [-0.15, -0.1) is 0 Å². The summed E-state index contributed by atoms with van der Waals surface area (Å²) in [5.74, 6) is 0. The number of likely N-dealkylation sites (N-methyl/N-ethyl adjacent to an activating group) is 1. The Morgan fingerprint density at radius 2 is 2.00 bits per heavy atom. The normalized spacial score (nSPS) is 13.6. The first-order chi connectivity index (χ1) is 9.51. The molecule has 0 amide bonds. The van der Waals surface area contributed by atoms with Gasteiger partial charge in [-0.1, -0.05) is 25.1 Å². The third-order valence-electron chi connectivity index (χ3n) is 3.19. The Labute approximate surface area is 121 Å². The number of nitrogens with one attached hydrogen (secondary N) is 1. The monoisotopic (exact) mass is 272 g/mol. The van der Waals surface area contributed by atoms with Crippen molar-refractivity contribution in [2.24, 2.45) is 0 Å². The second-order valence-corrected chi connectivity index (χ2v) is 5.95. The maximum Gasteiger partial charge on any atom is 0.0705 e. The zero-order chi connectivity index (χ0) is 14.6. The Balaban J connectivity index is 2.31. The molecule has 0 radical (unpaired) electrons. The number of rotatable bonds is 5. The Kier molecular flexibility index (Phi) is 4.73. The summed E-state index contributed by atoms with van der Waals surface area (Å²) in [4.78, 5) is 4.42. The molecule has 1 unspecified atom stereocenters. The van der Waals surface area contributed by atoms with Crippen LogP contribution in [0.25, 0.3) is 10.9 Å². The van der Waals surface area contributed by atoms with Crippen LogP contribution < -0.4 is 5.32 Å². The van der Waals surface area contributed by atoms with Gasteiger partial charge in [0.2, 0.25) is 0 Å². The third kappa shape index (κ3) is 3.78. The highest BCUT2D eigenvalue weighted by Crippen LogP contribution is 2.24. The van der Waals surface area contributed by atoms with Crippen LogP contribution in [0.1, 0.15) is 39.3 Å². The van der Waals surface area contributed by atoms with Gasteiger partial charge in [-0.3, -0.25) is 4.98 Å². The maximum atomic E-state index is 5.96. The fraction of sp³-hybridized carbons (Fsp3) is 0.471. The fourth-order valence-corrected chi connectivity index (χ4v) is 2.27. The first kappa shape index (κ1) is 14.9. The molecule has 0 aliphatic carbocycles. The highest BCUT2D eigenvalue weighted by Gasteiger charge is 2.18. The number of aromatic nitrogens is 1. The van der Waals surface area contributed by atoms with Gasteiger partial charge in [-0.2, -0.15) is 0 Å². The van der Waals surface area contributed by atoms with Gasteiger partial charge in [0.15, 0.2) is 0 Å². The van der Waals surface area contributed by atoms with Crippen molar-refractivity contribution in [1.82, 2.24) is 10.3 Å². The summed E-state index contributed by atoms with van der Waals surface area (Å²) in [5, 5.41) is 4.70. The molecule has 0 fully saturated rings. The van der Waals surface area contributed by atoms with Crippen molar-refractivity contribution in [2.75, 3.05) is 13.2 Å². The molecule has 1 aromatic heterocycles. The molecule has 0 bridgehead atoms. The number of benzene rings is 1. The van der Waals surface area contributed by atoms with Gasteiger partial charge in [0.05, 0.1) is 23.8 Å². The molecule has 1 atom stereocenters. The number of hydrogen-bond acceptors (Lipinski definition) is 3. The van der Waals surface area contributed by atoms with E-state index in [0.29, 0.717) is 6.61 Å². The van der Waals surface area contributed by atoms with Crippen molar-refractivity contribution in [3.05, 3.63) is 42.1 Å². The summed E-state index contributed by atoms with van der Waals surface area (Å²) in [5.41, 5.74) is 2.15. The van der Waals surface area contributed by atoms with Crippen molar-refractivity contribution in [3.63, 3.8) is 0 Å². The maximum absolute atomic E-state index is 5.96. The molecular formula is C17H24N2O. The minimum Gasteiger partial charge on any atom is -0.374 e. The summed E-state index contributed by atoms with van der Waals surface area (Å²) >= 11 is 0. The van der Waals surface area contributed by atoms with Crippen molar-refractivity contribution < 1.29 is 4.74 Å². The van der Waals surface area contributed by atoms with E-state index >= 15 is 0 Å². The van der Waals surface area contributed by atoms with Crippen molar-refractivity contribution in [2.45, 2.75) is 39.3 Å². The molecule has 1 heterocycles. The quantitative estimate of drug-likeness (QED) is 0.901. The van der Waals surface area contributed by atoms with Crippen LogP contribution in [0, 0.1) is 0 Å². The second kappa shape index (κ2) is 6.33. The van der Waals surface area contributed by atoms with E-state index in [1.54, 1.807) is 0 Å². The lowest BCUT2D eigenvalue weighted by Crippen LogP contribution is -2.30. The Morgan fingerprint density at radius 3 is 2.70 bits per heavy atom. The molecule has 3 nitrogen and oxygen atoms in total. The Hall–Kier alpha value is -1.45. The third-order valence-corrected chi connectivity index (χ3v) is 3.19. The molecule has 0 aliphatic rings. The molecule has 0 saturated carbocycles. The predicted molar refractivity (Wildman–Crippen MR) is 83.9 cm³/mol. The van der Waals surface area contributed by atoms with Crippen LogP contribution in [0.5, 0.6) is 0 Å². The van der Waals surface area contributed by atoms with E-state index in [-0.39, 0.29) is 11.6 Å². The number of nitrogens with zero attached hydrogens (tertiary/aromatic N) is 1. The average Bonchev–Trinajstić information content (AvgIpc) is 2.42. The topological polar surface area (TPSA) is 34.1 Å². The first-order valence-corrected chi connectivity index (χ1v) is 7.22. The molecule has 1 N–H and O–H groups in total. The molecule has 2 aromatic rings. The Morgan fingerprint density at radius 1 is 1.20 bits per heavy atom. The van der Waals surface area contributed by atoms with Crippen LogP contribution in [0.15, 0.2) is 36.5 Å². The van der Waals surface area contributed by atoms with E-state index in [0.717, 1.165) is 12.1 Å². The van der Waals surface area contributed by atoms with Gasteiger partial charge in [-0.05, 0) is 45.0 Å². The molecule has 108 valence electrons. The Bertz CT molecular complexity index is 555. The molecule has 2 rings (SSSR count). The summed E-state index contributed by atoms with van der Waals surface area (Å²) in [6, 6.07) is 10.6. The molecule has 20 heavy (non-hydrogen) atoms. The van der Waals surface area contributed by atoms with E-state index in [1.807, 2.05) is 18.3 Å². The van der Waals surface area contributed by atoms with Gasteiger partial charge in [0, 0.05) is 11.6 Å². The van der Waals surface area contributed by atoms with Gasteiger partial charge >= 0.3 is 0 Å². The average molecular weight is 272 g/mol. The zero-order valence-electron chi connectivity index (χ0n) is 12.8. The van der Waals surface area contributed by atoms with Crippen LogP contribution in [0.3, 0.4) is 0 Å². The summed E-state index contributed by atoms with van der Waals surface area (Å²) in [6.07, 6.45) is 1.83. The molecule has 0 aliphatic heterocycles. The van der Waals surface area contributed by atoms with Crippen LogP contribution in [0.4, 0.5) is 0 Å². The van der Waals surface area contributed by atoms with Gasteiger partial charge in [0.1, 0.15) is 0 Å². The van der Waals surface area contributed by atoms with Crippen molar-refractivity contribution >= 4 is 10.9 Å². The lowest BCUT2D eigenvalue weighted by Gasteiger charge is -2.26. The summed E-state index contributed by atoms with van der Waals surface area (Å²) < 4.78 is 5.96. The van der Waals surface area contributed by atoms with Crippen molar-refractivity contribution in [3.8, 4) is 0 Å². The van der Waals surface area contributed by atoms with Crippen molar-refractivity contribution in [1.29, 1.82) is 0 Å². The second-order valence-electron chi connectivity index (χ2n) is 5.95. The molecule has 0 saturated heterocycles. The molecule has 3 heteroatoms. The fourth-order valence-electron chi connectivity index (χ4n) is 2.27. The SMILES string of the molecule is CCNC(COC(C)(C)C)c1cccc2ncccc12. The molecular weight excluding hydrogens is 248 g/mol. The minimum absolute atomic E-state index is 0.128. The van der Waals surface area contributed by atoms with Gasteiger partial charge < -0.3 is 10.1 Å². The highest BCUT2D eigenvalue weighted by molar-refractivity contribution is 5.82. The van der Waals surface area contributed by atoms with E-state index in [1.165, 1.54) is 10.9 Å². The van der Waals surface area contributed by atoms with Crippen LogP contribution in [0.2, 0.25) is 0 Å². The predicted octanol–water partition coefficient (Wildman–Crippen LogP) is 3.70. The standard InChI is InChI=1S/C17H24N2O/c1-5-18-16(12-20-17(2,3)4)14-8-6-10-15-13(14)9-7-11-19-15/h6-11,16,18H,5,12H2,1-4H3. The van der Waals surface area contributed by atoms with E-state index in [4.69, 9.17) is 4.74 Å². The number of hydrogen-bond donors (Lipinski definition) is 1. The van der Waals surface area contributed by atoms with Crippen LogP contribution >= 0.6 is 0 Å². The van der Waals surface area contributed by atoms with Gasteiger partial charge in [0.25, 0.3) is 0 Å². The smallest absolute Gasteiger partial charge is 0.0705 e. The van der Waals surface area contributed by atoms with Gasteiger partial charge in [-0.25, -0.2) is 0 Å². The van der Waals surface area contributed by atoms with Crippen LogP contribution in [-0.4, -0.2) is 23.7 Å². The van der Waals surface area contributed by atoms with E-state index in [9.17, 15) is 0 Å². The lowest BCUT2D eigenvalue weighted by atomic mass is 10.0. The number of ether oxygens (including phenoxy) is 1. The zero-order valence-corrected chi connectivity index (χ0v) is 12.8. The highest BCUT2D eigenvalue weighted by atomic mass is 16.5. The summed E-state index contributed by atoms with van der Waals surface area (Å²) in [6.45, 7) is 9.94. The number of pyridine rings is 1. The lowest BCUT2D eigenvalue weighted by molar-refractivity contribution is -0.0144. The largest absolute Gasteiger partial charge is 0.374 e. The number of fused-ring (bicyclic) bond motifs is 1. The first-order valence-electron chi connectivity index (χ1n) is 7.22. The minimum atomic E-state index is -0.128. The van der Waals surface area contributed by atoms with Crippen LogP contribution in [-0.2, 0) is 4.74 Å². The van der Waals surface area contributed by atoms with E-state index in [2.05, 4.69) is 56.2 Å². The van der Waals surface area contributed by atoms with E-state index < -0.39 is 0 Å². The molecule has 1 aromatic carbocycles. The summed E-state index contributed by atoms with van der Waals surface area (Å²) in [7, 11) is 0.